The first-order valence-electron chi connectivity index (χ1n) is 17.0. The van der Waals surface area contributed by atoms with Crippen LogP contribution in [0, 0.1) is 11.3 Å². The van der Waals surface area contributed by atoms with Crippen molar-refractivity contribution >= 4 is 29.3 Å². The lowest BCUT2D eigenvalue weighted by Gasteiger charge is -2.35. The Balaban J connectivity index is 1.41. The van der Waals surface area contributed by atoms with Crippen LogP contribution in [0.25, 0.3) is 16.9 Å². The standard InChI is InChI=1S/C36H40ClF4N9O2/c1-20(35(5,40)41)29(51)15-14-27(22-8-13-25(37)28(16-22)49-31(30(38)39)43-19-45-49)48-32(52)36(46-33(48)42,18-34(2,3)4)23-9-6-21(7-10-23)26-17-44-50(47-26)24-11-12-24/h6-10,13,16-17,19-20,24,27,30H,11-12,14-15,18H2,1-5H3,(H2,42,46)/t20-,27-,36-/m1/s1. The molecular formula is C36H40ClF4N9O2. The van der Waals surface area contributed by atoms with Crippen LogP contribution in [0.3, 0.4) is 0 Å². The van der Waals surface area contributed by atoms with Gasteiger partial charge < -0.3 is 5.73 Å². The molecule has 3 atom stereocenters. The van der Waals surface area contributed by atoms with Gasteiger partial charge in [-0.15, -0.1) is 0 Å². The van der Waals surface area contributed by atoms with E-state index in [2.05, 4.69) is 20.3 Å². The first-order chi connectivity index (χ1) is 24.4. The van der Waals surface area contributed by atoms with E-state index in [1.807, 2.05) is 32.9 Å². The third kappa shape index (κ3) is 7.32. The third-order valence-electron chi connectivity index (χ3n) is 9.52. The summed E-state index contributed by atoms with van der Waals surface area (Å²) in [7, 11) is 0. The number of alkyl halides is 4. The van der Waals surface area contributed by atoms with Gasteiger partial charge in [0.05, 0.1) is 34.9 Å². The van der Waals surface area contributed by atoms with Gasteiger partial charge in [-0.3, -0.25) is 14.5 Å². The molecule has 6 rings (SSSR count). The van der Waals surface area contributed by atoms with Gasteiger partial charge in [0.15, 0.2) is 17.3 Å². The highest BCUT2D eigenvalue weighted by Gasteiger charge is 2.53. The predicted octanol–water partition coefficient (Wildman–Crippen LogP) is 7.62. The van der Waals surface area contributed by atoms with Crippen molar-refractivity contribution in [3.8, 4) is 16.9 Å². The van der Waals surface area contributed by atoms with Crippen molar-refractivity contribution in [3.63, 3.8) is 0 Å². The first-order valence-corrected chi connectivity index (χ1v) is 17.4. The Bertz CT molecular complexity index is 2000. The van der Waals surface area contributed by atoms with E-state index in [-0.39, 0.29) is 35.9 Å². The van der Waals surface area contributed by atoms with Gasteiger partial charge in [-0.1, -0.05) is 62.7 Å². The molecule has 1 aliphatic carbocycles. The van der Waals surface area contributed by atoms with Gasteiger partial charge in [-0.25, -0.2) is 32.2 Å². The second-order valence-corrected chi connectivity index (χ2v) is 15.2. The van der Waals surface area contributed by atoms with Gasteiger partial charge in [0.25, 0.3) is 18.3 Å². The number of hydrogen-bond acceptors (Lipinski definition) is 8. The maximum atomic E-state index is 15.0. The first kappa shape index (κ1) is 37.1. The summed E-state index contributed by atoms with van der Waals surface area (Å²) in [5.74, 6) is -6.90. The normalized spacial score (nSPS) is 19.3. The number of Topliss-reactive ketones (excluding diaryl/α,β-unsaturated/α-hetero) is 1. The van der Waals surface area contributed by atoms with Crippen LogP contribution >= 0.6 is 11.6 Å². The number of nitrogens with two attached hydrogens (primary N) is 1. The smallest absolute Gasteiger partial charge is 0.297 e. The minimum absolute atomic E-state index is 0.0362. The zero-order valence-electron chi connectivity index (χ0n) is 29.4. The van der Waals surface area contributed by atoms with Crippen molar-refractivity contribution in [2.45, 2.75) is 96.7 Å². The van der Waals surface area contributed by atoms with E-state index in [9.17, 15) is 27.2 Å². The monoisotopic (exact) mass is 741 g/mol. The van der Waals surface area contributed by atoms with Crippen LogP contribution in [0.4, 0.5) is 17.6 Å². The number of rotatable bonds is 13. The second kappa shape index (κ2) is 13.7. The number of aromatic nitrogens is 6. The fourth-order valence-corrected chi connectivity index (χ4v) is 6.79. The molecule has 1 saturated carbocycles. The van der Waals surface area contributed by atoms with E-state index in [1.54, 1.807) is 29.2 Å². The van der Waals surface area contributed by atoms with Gasteiger partial charge in [-0.2, -0.15) is 20.1 Å². The second-order valence-electron chi connectivity index (χ2n) is 14.8. The van der Waals surface area contributed by atoms with Gasteiger partial charge in [-0.05, 0) is 61.3 Å². The molecule has 0 saturated heterocycles. The van der Waals surface area contributed by atoms with Crippen molar-refractivity contribution < 1.29 is 27.2 Å². The molecule has 2 aromatic carbocycles. The highest BCUT2D eigenvalue weighted by atomic mass is 35.5. The maximum Gasteiger partial charge on any atom is 0.297 e. The molecular weight excluding hydrogens is 702 g/mol. The zero-order valence-corrected chi connectivity index (χ0v) is 30.2. The summed E-state index contributed by atoms with van der Waals surface area (Å²) in [5, 5.41) is 13.0. The summed E-state index contributed by atoms with van der Waals surface area (Å²) in [5.41, 5.74) is 7.11. The molecule has 0 spiro atoms. The Morgan fingerprint density at radius 2 is 1.77 bits per heavy atom. The summed E-state index contributed by atoms with van der Waals surface area (Å²) in [6.07, 6.45) is 1.50. The highest BCUT2D eigenvalue weighted by Crippen LogP contribution is 2.46. The lowest BCUT2D eigenvalue weighted by atomic mass is 9.75. The van der Waals surface area contributed by atoms with Crippen LogP contribution in [0.15, 0.2) is 60.0 Å². The molecule has 52 heavy (non-hydrogen) atoms. The summed E-state index contributed by atoms with van der Waals surface area (Å²) in [6, 6.07) is 11.0. The molecule has 16 heteroatoms. The van der Waals surface area contributed by atoms with Crippen LogP contribution in [0.2, 0.25) is 5.02 Å². The largest absolute Gasteiger partial charge is 0.369 e. The molecule has 2 N–H and O–H groups in total. The number of benzene rings is 2. The van der Waals surface area contributed by atoms with Crippen LogP contribution in [0.5, 0.6) is 0 Å². The fourth-order valence-electron chi connectivity index (χ4n) is 6.59. The van der Waals surface area contributed by atoms with E-state index in [0.717, 1.165) is 36.3 Å². The minimum Gasteiger partial charge on any atom is -0.369 e. The number of guanidine groups is 1. The molecule has 0 unspecified atom stereocenters. The van der Waals surface area contributed by atoms with E-state index in [4.69, 9.17) is 22.3 Å². The molecule has 2 aromatic heterocycles. The van der Waals surface area contributed by atoms with Crippen molar-refractivity contribution in [1.29, 1.82) is 0 Å². The van der Waals surface area contributed by atoms with E-state index >= 15 is 0 Å². The summed E-state index contributed by atoms with van der Waals surface area (Å²) in [6.45, 7) is 7.72. The number of ketones is 1. The zero-order chi connectivity index (χ0) is 37.7. The Kier molecular flexibility index (Phi) is 9.79. The van der Waals surface area contributed by atoms with E-state index < -0.39 is 52.8 Å². The molecule has 1 fully saturated rings. The minimum atomic E-state index is -3.27. The number of carbonyl (C=O) groups excluding carboxylic acids is 2. The van der Waals surface area contributed by atoms with Crippen molar-refractivity contribution in [1.82, 2.24) is 34.7 Å². The molecule has 1 amide bonds. The Morgan fingerprint density at radius 1 is 1.08 bits per heavy atom. The lowest BCUT2D eigenvalue weighted by Crippen LogP contribution is -2.46. The average molecular weight is 742 g/mol. The highest BCUT2D eigenvalue weighted by molar-refractivity contribution is 6.32. The number of carbonyl (C=O) groups is 2. The Morgan fingerprint density at radius 3 is 2.38 bits per heavy atom. The summed E-state index contributed by atoms with van der Waals surface area (Å²) in [4.78, 5) is 39.5. The van der Waals surface area contributed by atoms with Crippen LogP contribution in [0.1, 0.15) is 102 Å². The number of amides is 1. The molecule has 0 bridgehead atoms. The molecule has 3 heterocycles. The molecule has 276 valence electrons. The van der Waals surface area contributed by atoms with E-state index in [1.165, 1.54) is 17.0 Å². The number of halogens is 5. The number of aliphatic imine (C=N–C) groups is 1. The SMILES string of the molecule is C[C@H](C(=O)CC[C@H](c1ccc(Cl)c(-n2ncnc2C(F)F)c1)N1C(=O)[C@@](CC(C)(C)C)(c2ccc(-c3cnn(C4CC4)n3)cc2)N=C1N)C(C)(F)F. The number of nitrogens with zero attached hydrogens (tertiary/aromatic N) is 8. The summed E-state index contributed by atoms with van der Waals surface area (Å²) < 4.78 is 57.0. The Labute approximate surface area is 303 Å². The molecule has 4 aromatic rings. The quantitative estimate of drug-likeness (QED) is 0.139. The number of hydrogen-bond donors (Lipinski definition) is 1. The van der Waals surface area contributed by atoms with Crippen molar-refractivity contribution in [2.24, 2.45) is 22.1 Å². The van der Waals surface area contributed by atoms with Crippen molar-refractivity contribution in [2.75, 3.05) is 0 Å². The molecule has 1 aliphatic heterocycles. The fraction of sp³-hybridized carbons (Fsp3) is 0.472. The van der Waals surface area contributed by atoms with Crippen LogP contribution in [-0.2, 0) is 15.1 Å². The van der Waals surface area contributed by atoms with Crippen molar-refractivity contribution in [3.05, 3.63) is 77.0 Å². The Hall–Kier alpha value is -4.66. The molecule has 11 nitrogen and oxygen atoms in total. The van der Waals surface area contributed by atoms with E-state index in [0.29, 0.717) is 29.8 Å². The maximum absolute atomic E-state index is 15.0. The average Bonchev–Trinajstić information content (AvgIpc) is 3.49. The lowest BCUT2D eigenvalue weighted by molar-refractivity contribution is -0.137. The van der Waals surface area contributed by atoms with Gasteiger partial charge in [0.2, 0.25) is 0 Å². The van der Waals surface area contributed by atoms with Gasteiger partial charge in [0.1, 0.15) is 17.8 Å². The molecule has 0 radical (unpaired) electrons. The molecule has 2 aliphatic rings. The topological polar surface area (TPSA) is 137 Å². The predicted molar refractivity (Wildman–Crippen MR) is 186 cm³/mol. The van der Waals surface area contributed by atoms with Gasteiger partial charge >= 0.3 is 0 Å². The third-order valence-corrected chi connectivity index (χ3v) is 9.84. The van der Waals surface area contributed by atoms with Crippen LogP contribution < -0.4 is 5.73 Å². The van der Waals surface area contributed by atoms with Gasteiger partial charge in [0, 0.05) is 18.9 Å². The van der Waals surface area contributed by atoms with Crippen LogP contribution in [-0.4, -0.2) is 58.2 Å². The summed E-state index contributed by atoms with van der Waals surface area (Å²) >= 11 is 6.47.